The maximum absolute atomic E-state index is 2.46. The van der Waals surface area contributed by atoms with Crippen LogP contribution in [0.2, 0.25) is 0 Å². The Kier molecular flexibility index (Phi) is 6.27. The van der Waals surface area contributed by atoms with Crippen LogP contribution in [-0.2, 0) is 0 Å². The van der Waals surface area contributed by atoms with Crippen molar-refractivity contribution >= 4 is 67.8 Å². The summed E-state index contributed by atoms with van der Waals surface area (Å²) in [5.41, 5.74) is 0.585. The van der Waals surface area contributed by atoms with Gasteiger partial charge in [0, 0.05) is 13.3 Å². The van der Waals surface area contributed by atoms with E-state index in [1.807, 2.05) is 0 Å². The molecule has 0 aromatic heterocycles. The maximum Gasteiger partial charge on any atom is 0.00640 e. The van der Waals surface area contributed by atoms with Crippen LogP contribution in [0.25, 0.3) is 0 Å². The number of hydrogen-bond donors (Lipinski definition) is 0. The molecular formula is C5H9I3. The zero-order valence-electron chi connectivity index (χ0n) is 4.76. The summed E-state index contributed by atoms with van der Waals surface area (Å²) in [6.07, 6.45) is 0. The molecule has 50 valence electrons. The molecule has 3 heteroatoms. The second kappa shape index (κ2) is 4.92. The highest BCUT2D eigenvalue weighted by molar-refractivity contribution is 14.1. The van der Waals surface area contributed by atoms with Gasteiger partial charge in [-0.25, -0.2) is 0 Å². The van der Waals surface area contributed by atoms with Crippen molar-refractivity contribution in [3.05, 3.63) is 0 Å². The molecule has 0 heterocycles. The Morgan fingerprint density at radius 1 is 1.00 bits per heavy atom. The van der Waals surface area contributed by atoms with Crippen LogP contribution in [0.4, 0.5) is 0 Å². The molecule has 0 radical (unpaired) electrons. The van der Waals surface area contributed by atoms with E-state index in [-0.39, 0.29) is 0 Å². The normalized spacial score (nSPS) is 12.0. The van der Waals surface area contributed by atoms with Crippen molar-refractivity contribution in [2.24, 2.45) is 5.41 Å². The summed E-state index contributed by atoms with van der Waals surface area (Å²) < 4.78 is 3.82. The van der Waals surface area contributed by atoms with Gasteiger partial charge >= 0.3 is 0 Å². The molecule has 0 N–H and O–H groups in total. The number of alkyl halides is 3. The fourth-order valence-electron chi connectivity index (χ4n) is 0.107. The quantitative estimate of drug-likeness (QED) is 0.458. The summed E-state index contributed by atoms with van der Waals surface area (Å²) in [5, 5.41) is 0. The minimum Gasteiger partial charge on any atom is -0.0857 e. The van der Waals surface area contributed by atoms with Crippen molar-refractivity contribution in [2.75, 3.05) is 13.3 Å². The van der Waals surface area contributed by atoms with Crippen LogP contribution in [0, 0.1) is 5.41 Å². The lowest BCUT2D eigenvalue weighted by molar-refractivity contribution is 0.531. The SMILES string of the molecule is CC(CI)(CI)CI. The Labute approximate surface area is 92.0 Å². The van der Waals surface area contributed by atoms with Gasteiger partial charge < -0.3 is 0 Å². The molecule has 0 aromatic carbocycles. The van der Waals surface area contributed by atoms with Gasteiger partial charge in [-0.3, -0.25) is 0 Å². The summed E-state index contributed by atoms with van der Waals surface area (Å²) in [6.45, 7) is 2.33. The molecule has 0 spiro atoms. The third kappa shape index (κ3) is 3.38. The van der Waals surface area contributed by atoms with Crippen LogP contribution >= 0.6 is 67.8 Å². The summed E-state index contributed by atoms with van der Waals surface area (Å²) in [6, 6.07) is 0. The number of hydrogen-bond acceptors (Lipinski definition) is 0. The molecular weight excluding hydrogens is 441 g/mol. The van der Waals surface area contributed by atoms with Crippen LogP contribution in [0.15, 0.2) is 0 Å². The molecule has 0 nitrogen and oxygen atoms in total. The molecule has 0 atom stereocenters. The molecule has 0 saturated carbocycles. The molecule has 0 aliphatic rings. The Hall–Kier alpha value is 2.19. The largest absolute Gasteiger partial charge is 0.0857 e. The molecule has 0 fully saturated rings. The predicted octanol–water partition coefficient (Wildman–Crippen LogP) is 3.30. The number of halogens is 3. The number of rotatable bonds is 3. The second-order valence-electron chi connectivity index (χ2n) is 2.21. The van der Waals surface area contributed by atoms with E-state index in [2.05, 4.69) is 74.7 Å². The summed E-state index contributed by atoms with van der Waals surface area (Å²) in [4.78, 5) is 0. The first kappa shape index (κ1) is 10.2. The molecule has 0 saturated heterocycles. The first-order chi connectivity index (χ1) is 3.68. The fourth-order valence-corrected chi connectivity index (χ4v) is 4.82. The van der Waals surface area contributed by atoms with Gasteiger partial charge in [0.1, 0.15) is 0 Å². The van der Waals surface area contributed by atoms with Crippen molar-refractivity contribution in [1.29, 1.82) is 0 Å². The third-order valence-corrected chi connectivity index (χ3v) is 6.49. The van der Waals surface area contributed by atoms with E-state index in [1.165, 1.54) is 13.3 Å². The standard InChI is InChI=1S/C5H9I3/c1-5(2-6,3-7)4-8/h2-4H2,1H3. The average Bonchev–Trinajstić information content (AvgIpc) is 1.87. The molecule has 0 unspecified atom stereocenters. The highest BCUT2D eigenvalue weighted by atomic mass is 127. The topological polar surface area (TPSA) is 0 Å². The van der Waals surface area contributed by atoms with E-state index >= 15 is 0 Å². The van der Waals surface area contributed by atoms with E-state index in [0.717, 1.165) is 0 Å². The smallest absolute Gasteiger partial charge is 0.00640 e. The molecule has 0 aliphatic heterocycles. The van der Waals surface area contributed by atoms with Gasteiger partial charge in [-0.2, -0.15) is 0 Å². The van der Waals surface area contributed by atoms with Crippen molar-refractivity contribution < 1.29 is 0 Å². The molecule has 8 heavy (non-hydrogen) atoms. The van der Waals surface area contributed by atoms with E-state index in [9.17, 15) is 0 Å². The lowest BCUT2D eigenvalue weighted by Gasteiger charge is -2.20. The zero-order valence-corrected chi connectivity index (χ0v) is 11.2. The molecule has 0 aromatic rings. The van der Waals surface area contributed by atoms with Gasteiger partial charge in [0.15, 0.2) is 0 Å². The molecule has 0 rings (SSSR count). The third-order valence-electron chi connectivity index (χ3n) is 0.968. The van der Waals surface area contributed by atoms with Crippen molar-refractivity contribution in [3.8, 4) is 0 Å². The molecule has 0 bridgehead atoms. The van der Waals surface area contributed by atoms with Crippen LogP contribution < -0.4 is 0 Å². The molecule has 0 aliphatic carbocycles. The maximum atomic E-state index is 2.46. The zero-order chi connectivity index (χ0) is 6.62. The summed E-state index contributed by atoms with van der Waals surface area (Å²) in [7, 11) is 0. The van der Waals surface area contributed by atoms with E-state index in [1.54, 1.807) is 0 Å². The van der Waals surface area contributed by atoms with E-state index < -0.39 is 0 Å². The van der Waals surface area contributed by atoms with Crippen molar-refractivity contribution in [2.45, 2.75) is 6.92 Å². The second-order valence-corrected chi connectivity index (χ2v) is 4.50. The van der Waals surface area contributed by atoms with Gasteiger partial charge in [0.25, 0.3) is 0 Å². The lowest BCUT2D eigenvalue weighted by Crippen LogP contribution is -2.21. The Balaban J connectivity index is 3.58. The van der Waals surface area contributed by atoms with Crippen molar-refractivity contribution in [3.63, 3.8) is 0 Å². The van der Waals surface area contributed by atoms with Gasteiger partial charge in [-0.15, -0.1) is 0 Å². The highest BCUT2D eigenvalue weighted by Gasteiger charge is 2.18. The minimum atomic E-state index is 0.585. The Morgan fingerprint density at radius 2 is 1.25 bits per heavy atom. The fraction of sp³-hybridized carbons (Fsp3) is 1.00. The Morgan fingerprint density at radius 3 is 1.25 bits per heavy atom. The van der Waals surface area contributed by atoms with Gasteiger partial charge in [0.05, 0.1) is 0 Å². The summed E-state index contributed by atoms with van der Waals surface area (Å²) >= 11 is 7.37. The summed E-state index contributed by atoms with van der Waals surface area (Å²) in [5.74, 6) is 0. The van der Waals surface area contributed by atoms with E-state index in [0.29, 0.717) is 5.41 Å². The lowest BCUT2D eigenvalue weighted by atomic mass is 10.0. The predicted molar refractivity (Wildman–Crippen MR) is 64.8 cm³/mol. The first-order valence-corrected chi connectivity index (χ1v) is 6.94. The van der Waals surface area contributed by atoms with Gasteiger partial charge in [-0.05, 0) is 5.41 Å². The van der Waals surface area contributed by atoms with Gasteiger partial charge in [-0.1, -0.05) is 74.7 Å². The van der Waals surface area contributed by atoms with E-state index in [4.69, 9.17) is 0 Å². The van der Waals surface area contributed by atoms with Gasteiger partial charge in [0.2, 0.25) is 0 Å². The first-order valence-electron chi connectivity index (χ1n) is 2.36. The van der Waals surface area contributed by atoms with Crippen LogP contribution in [-0.4, -0.2) is 13.3 Å². The van der Waals surface area contributed by atoms with Crippen LogP contribution in [0.1, 0.15) is 6.92 Å². The average molecular weight is 450 g/mol. The molecule has 0 amide bonds. The Bertz CT molecular complexity index is 50.4. The highest BCUT2D eigenvalue weighted by Crippen LogP contribution is 2.24. The minimum absolute atomic E-state index is 0.585. The van der Waals surface area contributed by atoms with Crippen LogP contribution in [0.3, 0.4) is 0 Å². The monoisotopic (exact) mass is 450 g/mol. The van der Waals surface area contributed by atoms with Crippen molar-refractivity contribution in [1.82, 2.24) is 0 Å². The van der Waals surface area contributed by atoms with Crippen LogP contribution in [0.5, 0.6) is 0 Å².